The highest BCUT2D eigenvalue weighted by Crippen LogP contribution is 2.47. The second-order valence-electron chi connectivity index (χ2n) is 8.97. The summed E-state index contributed by atoms with van der Waals surface area (Å²) in [5.41, 5.74) is 7.81. The normalized spacial score (nSPS) is 13.0. The lowest BCUT2D eigenvalue weighted by Gasteiger charge is -2.17. The quantitative estimate of drug-likeness (QED) is 0.267. The Bertz CT molecular complexity index is 2000. The van der Waals surface area contributed by atoms with Gasteiger partial charge in [0.25, 0.3) is 0 Å². The Morgan fingerprint density at radius 3 is 2.63 bits per heavy atom. The molecule has 7 aromatic rings. The van der Waals surface area contributed by atoms with Gasteiger partial charge in [-0.25, -0.2) is 9.97 Å². The van der Waals surface area contributed by atoms with Crippen LogP contribution in [0.5, 0.6) is 5.75 Å². The maximum Gasteiger partial charge on any atom is 0.147 e. The van der Waals surface area contributed by atoms with Gasteiger partial charge in [-0.05, 0) is 43.0 Å². The van der Waals surface area contributed by atoms with E-state index in [0.717, 1.165) is 77.5 Å². The molecule has 7 nitrogen and oxygen atoms in total. The third kappa shape index (κ3) is 2.60. The summed E-state index contributed by atoms with van der Waals surface area (Å²) in [7, 11) is 0. The van der Waals surface area contributed by atoms with Crippen LogP contribution >= 0.6 is 11.3 Å². The summed E-state index contributed by atoms with van der Waals surface area (Å²) in [5, 5.41) is 3.30. The first-order valence-electron chi connectivity index (χ1n) is 11.4. The van der Waals surface area contributed by atoms with Gasteiger partial charge in [-0.1, -0.05) is 18.2 Å². The molecule has 0 amide bonds. The lowest BCUT2D eigenvalue weighted by molar-refractivity contribution is 0.302. The standard InChI is InChI=1S/C27H18N6OS/c1-12-30-19-11-34-26-17(21(19)31-12)6-4-15-10-20(35-27(15)26)14-3-5-16-18(9-14)22-24(29-8-7-28-22)25-23(16)32-13(2)33-25/h3-10H,11H2,1-2H3,(H,30,31)(H,32,33). The highest BCUT2D eigenvalue weighted by molar-refractivity contribution is 7.22. The van der Waals surface area contributed by atoms with Gasteiger partial charge in [0.15, 0.2) is 0 Å². The smallest absolute Gasteiger partial charge is 0.147 e. The molecule has 0 radical (unpaired) electrons. The van der Waals surface area contributed by atoms with Crippen LogP contribution in [-0.2, 0) is 6.61 Å². The summed E-state index contributed by atoms with van der Waals surface area (Å²) < 4.78 is 7.36. The SMILES string of the molecule is Cc1nc2c([nH]1)COc1c-2ccc2cc(-c3ccc4c(c3)c3nccnc3c3[nH]c(C)nc43)sc12. The monoisotopic (exact) mass is 474 g/mol. The number of aromatic nitrogens is 6. The zero-order chi connectivity index (χ0) is 23.3. The molecular weight excluding hydrogens is 456 g/mol. The second-order valence-corrected chi connectivity index (χ2v) is 10.0. The van der Waals surface area contributed by atoms with E-state index in [1.54, 1.807) is 23.7 Å². The van der Waals surface area contributed by atoms with E-state index in [1.165, 1.54) is 10.3 Å². The van der Waals surface area contributed by atoms with Crippen LogP contribution < -0.4 is 4.74 Å². The summed E-state index contributed by atoms with van der Waals surface area (Å²) >= 11 is 1.75. The van der Waals surface area contributed by atoms with Gasteiger partial charge in [0, 0.05) is 33.6 Å². The number of imidazole rings is 2. The van der Waals surface area contributed by atoms with Crippen LogP contribution in [0.4, 0.5) is 0 Å². The zero-order valence-electron chi connectivity index (χ0n) is 18.9. The second kappa shape index (κ2) is 6.64. The molecule has 8 heteroatoms. The average Bonchev–Trinajstić information content (AvgIpc) is 3.59. The largest absolute Gasteiger partial charge is 0.485 e. The van der Waals surface area contributed by atoms with Crippen molar-refractivity contribution in [1.29, 1.82) is 0 Å². The van der Waals surface area contributed by atoms with Crippen molar-refractivity contribution in [3.05, 3.63) is 66.1 Å². The summed E-state index contributed by atoms with van der Waals surface area (Å²) in [5.74, 6) is 2.70. The zero-order valence-corrected chi connectivity index (χ0v) is 19.7. The molecule has 5 heterocycles. The molecule has 0 spiro atoms. The molecule has 0 atom stereocenters. The first kappa shape index (κ1) is 19.1. The van der Waals surface area contributed by atoms with Crippen LogP contribution in [0.2, 0.25) is 0 Å². The topological polar surface area (TPSA) is 92.4 Å². The Morgan fingerprint density at radius 2 is 1.71 bits per heavy atom. The first-order valence-corrected chi connectivity index (χ1v) is 12.2. The van der Waals surface area contributed by atoms with Crippen molar-refractivity contribution in [1.82, 2.24) is 29.9 Å². The van der Waals surface area contributed by atoms with Gasteiger partial charge < -0.3 is 14.7 Å². The molecule has 0 unspecified atom stereocenters. The van der Waals surface area contributed by atoms with Crippen LogP contribution in [-0.4, -0.2) is 29.9 Å². The van der Waals surface area contributed by atoms with E-state index in [2.05, 4.69) is 51.4 Å². The first-order chi connectivity index (χ1) is 17.1. The maximum atomic E-state index is 6.21. The predicted octanol–water partition coefficient (Wildman–Crippen LogP) is 6.44. The lowest BCUT2D eigenvalue weighted by Crippen LogP contribution is -2.05. The number of H-pyrrole nitrogens is 2. The van der Waals surface area contributed by atoms with Gasteiger partial charge >= 0.3 is 0 Å². The molecule has 2 N–H and O–H groups in total. The number of ether oxygens (including phenoxy) is 1. The molecular formula is C27H18N6OS. The summed E-state index contributed by atoms with van der Waals surface area (Å²) in [6.45, 7) is 4.45. The van der Waals surface area contributed by atoms with E-state index in [9.17, 15) is 0 Å². The Kier molecular flexibility index (Phi) is 3.61. The van der Waals surface area contributed by atoms with E-state index in [4.69, 9.17) is 19.7 Å². The van der Waals surface area contributed by atoms with Gasteiger partial charge in [-0.15, -0.1) is 11.3 Å². The Labute approximate surface area is 202 Å². The van der Waals surface area contributed by atoms with Crippen molar-refractivity contribution in [2.45, 2.75) is 20.5 Å². The van der Waals surface area contributed by atoms with Crippen molar-refractivity contribution >= 4 is 54.3 Å². The number of fused-ring (bicyclic) bond motifs is 11. The van der Waals surface area contributed by atoms with E-state index in [-0.39, 0.29) is 0 Å². The number of rotatable bonds is 1. The van der Waals surface area contributed by atoms with Crippen molar-refractivity contribution in [2.24, 2.45) is 0 Å². The number of thiophene rings is 1. The van der Waals surface area contributed by atoms with Crippen molar-refractivity contribution < 1.29 is 4.74 Å². The summed E-state index contributed by atoms with van der Waals surface area (Å²) in [6, 6.07) is 13.0. The summed E-state index contributed by atoms with van der Waals surface area (Å²) in [6.07, 6.45) is 3.48. The van der Waals surface area contributed by atoms with E-state index in [1.807, 2.05) is 13.8 Å². The number of hydrogen-bond donors (Lipinski definition) is 2. The number of aryl methyl sites for hydroxylation is 2. The minimum Gasteiger partial charge on any atom is -0.485 e. The molecule has 35 heavy (non-hydrogen) atoms. The van der Waals surface area contributed by atoms with E-state index < -0.39 is 0 Å². The van der Waals surface area contributed by atoms with Gasteiger partial charge in [0.1, 0.15) is 29.5 Å². The number of benzene rings is 3. The highest BCUT2D eigenvalue weighted by Gasteiger charge is 2.24. The molecule has 0 saturated heterocycles. The molecule has 0 saturated carbocycles. The third-order valence-corrected chi connectivity index (χ3v) is 7.92. The fourth-order valence-electron chi connectivity index (χ4n) is 5.24. The average molecular weight is 475 g/mol. The molecule has 0 bridgehead atoms. The van der Waals surface area contributed by atoms with E-state index in [0.29, 0.717) is 6.61 Å². The molecule has 0 fully saturated rings. The minimum absolute atomic E-state index is 0.509. The molecule has 8 rings (SSSR count). The molecule has 4 aromatic heterocycles. The van der Waals surface area contributed by atoms with Crippen LogP contribution in [0.15, 0.2) is 48.8 Å². The Morgan fingerprint density at radius 1 is 0.857 bits per heavy atom. The highest BCUT2D eigenvalue weighted by atomic mass is 32.1. The lowest BCUT2D eigenvalue weighted by atomic mass is 10.0. The van der Waals surface area contributed by atoms with Crippen LogP contribution in [0, 0.1) is 13.8 Å². The molecule has 168 valence electrons. The molecule has 1 aliphatic heterocycles. The van der Waals surface area contributed by atoms with Gasteiger partial charge in [0.2, 0.25) is 0 Å². The Hall–Kier alpha value is -4.30. The molecule has 3 aromatic carbocycles. The van der Waals surface area contributed by atoms with Crippen molar-refractivity contribution in [3.63, 3.8) is 0 Å². The Balaban J connectivity index is 1.36. The van der Waals surface area contributed by atoms with Crippen LogP contribution in [0.25, 0.3) is 64.6 Å². The van der Waals surface area contributed by atoms with Crippen LogP contribution in [0.3, 0.4) is 0 Å². The van der Waals surface area contributed by atoms with Gasteiger partial charge in [-0.3, -0.25) is 9.97 Å². The minimum atomic E-state index is 0.509. The fourth-order valence-corrected chi connectivity index (χ4v) is 6.39. The number of nitrogens with zero attached hydrogens (tertiary/aromatic N) is 4. The maximum absolute atomic E-state index is 6.21. The predicted molar refractivity (Wildman–Crippen MR) is 139 cm³/mol. The number of nitrogens with one attached hydrogen (secondary N) is 2. The number of hydrogen-bond acceptors (Lipinski definition) is 6. The summed E-state index contributed by atoms with van der Waals surface area (Å²) in [4.78, 5) is 26.6. The molecule has 1 aliphatic rings. The van der Waals surface area contributed by atoms with Crippen molar-refractivity contribution in [3.8, 4) is 27.4 Å². The van der Waals surface area contributed by atoms with E-state index >= 15 is 0 Å². The van der Waals surface area contributed by atoms with Crippen LogP contribution in [0.1, 0.15) is 17.3 Å². The third-order valence-electron chi connectivity index (χ3n) is 6.73. The molecule has 0 aliphatic carbocycles. The van der Waals surface area contributed by atoms with Gasteiger partial charge in [-0.2, -0.15) is 0 Å². The number of aromatic amines is 2. The van der Waals surface area contributed by atoms with Gasteiger partial charge in [0.05, 0.1) is 32.6 Å². The fraction of sp³-hybridized carbons (Fsp3) is 0.111. The van der Waals surface area contributed by atoms with Crippen molar-refractivity contribution in [2.75, 3.05) is 0 Å².